The zero-order chi connectivity index (χ0) is 15.9. The average Bonchev–Trinajstić information content (AvgIpc) is 2.47. The molecule has 0 bridgehead atoms. The van der Waals surface area contributed by atoms with Crippen molar-refractivity contribution in [3.8, 4) is 11.1 Å². The van der Waals surface area contributed by atoms with E-state index in [0.717, 1.165) is 6.42 Å². The quantitative estimate of drug-likeness (QED) is 0.528. The molecule has 2 rings (SSSR count). The van der Waals surface area contributed by atoms with Crippen molar-refractivity contribution in [1.29, 1.82) is 0 Å². The van der Waals surface area contributed by atoms with Crippen LogP contribution in [-0.4, -0.2) is 0 Å². The van der Waals surface area contributed by atoms with Gasteiger partial charge in [0.15, 0.2) is 0 Å². The molecule has 0 N–H and O–H groups in total. The highest BCUT2D eigenvalue weighted by Gasteiger charge is 2.13. The second-order valence-corrected chi connectivity index (χ2v) is 6.59. The number of hydrogen-bond acceptors (Lipinski definition) is 0. The van der Waals surface area contributed by atoms with Gasteiger partial charge in [-0.1, -0.05) is 111 Å². The van der Waals surface area contributed by atoms with Gasteiger partial charge >= 0.3 is 0 Å². The smallest absolute Gasteiger partial charge is 0.0132 e. The van der Waals surface area contributed by atoms with E-state index >= 15 is 0 Å². The first kappa shape index (κ1) is 23.7. The molecule has 0 atom stereocenters. The van der Waals surface area contributed by atoms with Gasteiger partial charge in [-0.2, -0.15) is 0 Å². The first-order valence-electron chi connectivity index (χ1n) is 8.12. The fraction of sp³-hybridized carbons (Fsp3) is 0.478. The van der Waals surface area contributed by atoms with Crippen molar-refractivity contribution >= 4 is 0 Å². The monoisotopic (exact) mass is 314 g/mol. The van der Waals surface area contributed by atoms with Gasteiger partial charge in [-0.05, 0) is 34.1 Å². The summed E-state index contributed by atoms with van der Waals surface area (Å²) >= 11 is 0. The molecule has 0 heteroatoms. The molecule has 2 aromatic rings. The minimum absolute atomic E-state index is 0. The Bertz CT molecular complexity index is 544. The highest BCUT2D eigenvalue weighted by molar-refractivity contribution is 5.65. The maximum Gasteiger partial charge on any atom is -0.0132 e. The zero-order valence-electron chi connectivity index (χ0n) is 14.5. The van der Waals surface area contributed by atoms with E-state index in [4.69, 9.17) is 0 Å². The molecular weight excluding hydrogens is 276 g/mol. The Kier molecular flexibility index (Phi) is 11.4. The van der Waals surface area contributed by atoms with E-state index in [-0.39, 0.29) is 20.3 Å². The van der Waals surface area contributed by atoms with Crippen LogP contribution in [0.3, 0.4) is 0 Å². The SMILES string of the molecule is C.C.CCC.CCc1cccc(-c2cccc(C(C)(C)C)c2)c1. The van der Waals surface area contributed by atoms with E-state index in [0.29, 0.717) is 0 Å². The van der Waals surface area contributed by atoms with Gasteiger partial charge in [0.25, 0.3) is 0 Å². The van der Waals surface area contributed by atoms with Crippen LogP contribution >= 0.6 is 0 Å². The third kappa shape index (κ3) is 7.50. The third-order valence-electron chi connectivity index (χ3n) is 3.40. The molecule has 23 heavy (non-hydrogen) atoms. The Morgan fingerprint density at radius 2 is 1.22 bits per heavy atom. The van der Waals surface area contributed by atoms with E-state index < -0.39 is 0 Å². The summed E-state index contributed by atoms with van der Waals surface area (Å²) in [5.41, 5.74) is 5.63. The van der Waals surface area contributed by atoms with Gasteiger partial charge in [0, 0.05) is 0 Å². The minimum atomic E-state index is 0. The Morgan fingerprint density at radius 3 is 1.70 bits per heavy atom. The van der Waals surface area contributed by atoms with Gasteiger partial charge in [0.05, 0.1) is 0 Å². The molecule has 0 aliphatic carbocycles. The largest absolute Gasteiger partial charge is 0.0776 e. The Morgan fingerprint density at radius 1 is 0.739 bits per heavy atom. The van der Waals surface area contributed by atoms with E-state index in [9.17, 15) is 0 Å². The molecular formula is C23H38. The topological polar surface area (TPSA) is 0 Å². The van der Waals surface area contributed by atoms with Crippen molar-refractivity contribution in [1.82, 2.24) is 0 Å². The van der Waals surface area contributed by atoms with Crippen LogP contribution in [0.5, 0.6) is 0 Å². The lowest BCUT2D eigenvalue weighted by molar-refractivity contribution is 0.590. The van der Waals surface area contributed by atoms with Gasteiger partial charge in [-0.3, -0.25) is 0 Å². The van der Waals surface area contributed by atoms with E-state index in [1.807, 2.05) is 0 Å². The van der Waals surface area contributed by atoms with Crippen LogP contribution in [0, 0.1) is 0 Å². The normalized spacial score (nSPS) is 9.83. The minimum Gasteiger partial charge on any atom is -0.0776 e. The summed E-state index contributed by atoms with van der Waals surface area (Å²) in [4.78, 5) is 0. The zero-order valence-corrected chi connectivity index (χ0v) is 14.5. The molecule has 0 nitrogen and oxygen atoms in total. The van der Waals surface area contributed by atoms with Gasteiger partial charge in [-0.15, -0.1) is 0 Å². The molecule has 0 aliphatic rings. The molecule has 0 unspecified atom stereocenters. The maximum atomic E-state index is 2.31. The fourth-order valence-corrected chi connectivity index (χ4v) is 2.14. The van der Waals surface area contributed by atoms with Crippen molar-refractivity contribution in [2.75, 3.05) is 0 Å². The molecule has 0 fully saturated rings. The first-order valence-corrected chi connectivity index (χ1v) is 8.12. The van der Waals surface area contributed by atoms with Crippen LogP contribution in [0.15, 0.2) is 48.5 Å². The Balaban J connectivity index is 0. The van der Waals surface area contributed by atoms with Crippen molar-refractivity contribution < 1.29 is 0 Å². The van der Waals surface area contributed by atoms with Gasteiger partial charge in [-0.25, -0.2) is 0 Å². The number of hydrogen-bond donors (Lipinski definition) is 0. The summed E-state index contributed by atoms with van der Waals surface area (Å²) in [6.07, 6.45) is 2.34. The summed E-state index contributed by atoms with van der Waals surface area (Å²) < 4.78 is 0. The lowest BCUT2D eigenvalue weighted by Gasteiger charge is -2.20. The summed E-state index contributed by atoms with van der Waals surface area (Å²) in [6.45, 7) is 13.2. The maximum absolute atomic E-state index is 2.31. The van der Waals surface area contributed by atoms with Gasteiger partial charge in [0.1, 0.15) is 0 Å². The molecule has 0 saturated carbocycles. The third-order valence-corrected chi connectivity index (χ3v) is 3.40. The van der Waals surface area contributed by atoms with Crippen molar-refractivity contribution in [3.05, 3.63) is 59.7 Å². The molecule has 0 spiro atoms. The number of benzene rings is 2. The molecule has 130 valence electrons. The fourth-order valence-electron chi connectivity index (χ4n) is 2.14. The number of rotatable bonds is 2. The molecule has 0 radical (unpaired) electrons. The van der Waals surface area contributed by atoms with E-state index in [2.05, 4.69) is 90.1 Å². The number of aryl methyl sites for hydroxylation is 1. The summed E-state index contributed by atoms with van der Waals surface area (Å²) in [7, 11) is 0. The molecule has 0 saturated heterocycles. The van der Waals surface area contributed by atoms with Gasteiger partial charge < -0.3 is 0 Å². The molecule has 0 aromatic heterocycles. The molecule has 0 aliphatic heterocycles. The highest BCUT2D eigenvalue weighted by atomic mass is 14.2. The Labute approximate surface area is 146 Å². The predicted molar refractivity (Wildman–Crippen MR) is 109 cm³/mol. The summed E-state index contributed by atoms with van der Waals surface area (Å²) in [5, 5.41) is 0. The first-order chi connectivity index (χ1) is 9.92. The standard InChI is InChI=1S/C18H22.C3H8.2CH4/c1-5-14-8-6-9-15(12-14)16-10-7-11-17(13-16)18(2,3)4;1-3-2;;/h6-13H,5H2,1-4H3;3H2,1-2H3;2*1H4. The van der Waals surface area contributed by atoms with Crippen LogP contribution in [0.2, 0.25) is 0 Å². The second kappa shape index (κ2) is 11.0. The van der Waals surface area contributed by atoms with Crippen LogP contribution in [0.1, 0.15) is 73.9 Å². The van der Waals surface area contributed by atoms with Crippen molar-refractivity contribution in [3.63, 3.8) is 0 Å². The van der Waals surface area contributed by atoms with Crippen molar-refractivity contribution in [2.45, 2.75) is 74.7 Å². The predicted octanol–water partition coefficient (Wildman–Crippen LogP) is 7.90. The lowest BCUT2D eigenvalue weighted by atomic mass is 9.85. The van der Waals surface area contributed by atoms with Crippen molar-refractivity contribution in [2.24, 2.45) is 0 Å². The van der Waals surface area contributed by atoms with E-state index in [1.54, 1.807) is 0 Å². The summed E-state index contributed by atoms with van der Waals surface area (Å²) in [5.74, 6) is 0. The summed E-state index contributed by atoms with van der Waals surface area (Å²) in [6, 6.07) is 17.7. The van der Waals surface area contributed by atoms with Crippen LogP contribution in [-0.2, 0) is 11.8 Å². The van der Waals surface area contributed by atoms with E-state index in [1.165, 1.54) is 28.7 Å². The Hall–Kier alpha value is -1.56. The highest BCUT2D eigenvalue weighted by Crippen LogP contribution is 2.27. The van der Waals surface area contributed by atoms with Crippen LogP contribution < -0.4 is 0 Å². The average molecular weight is 315 g/mol. The molecule has 0 amide bonds. The van der Waals surface area contributed by atoms with Crippen LogP contribution in [0.25, 0.3) is 11.1 Å². The second-order valence-electron chi connectivity index (χ2n) is 6.59. The molecule has 0 heterocycles. The molecule has 2 aromatic carbocycles. The van der Waals surface area contributed by atoms with Gasteiger partial charge in [0.2, 0.25) is 0 Å². The lowest BCUT2D eigenvalue weighted by Crippen LogP contribution is -2.10. The van der Waals surface area contributed by atoms with Crippen LogP contribution in [0.4, 0.5) is 0 Å².